The van der Waals surface area contributed by atoms with Crippen molar-refractivity contribution < 1.29 is 0 Å². The summed E-state index contributed by atoms with van der Waals surface area (Å²) in [6.45, 7) is 0. The number of rotatable bonds is 4. The summed E-state index contributed by atoms with van der Waals surface area (Å²) in [6.07, 6.45) is -0.256. The van der Waals surface area contributed by atoms with Crippen LogP contribution in [0.25, 0.3) is 107 Å². The topological polar surface area (TPSA) is 29.3 Å². The molecule has 14 rings (SSSR count). The molecule has 0 aliphatic carbocycles. The van der Waals surface area contributed by atoms with E-state index in [0.717, 1.165) is 16.6 Å². The van der Waals surface area contributed by atoms with Gasteiger partial charge >= 0.3 is 0 Å². The average Bonchev–Trinajstić information content (AvgIpc) is 4.04. The van der Waals surface area contributed by atoms with Gasteiger partial charge in [-0.05, 0) is 67.9 Å². The lowest BCUT2D eigenvalue weighted by molar-refractivity contribution is 0.639. The summed E-state index contributed by atoms with van der Waals surface area (Å²) in [4.78, 5) is 5.46. The number of nitrogens with zero attached hydrogens (tertiary/aromatic N) is 2. The summed E-state index contributed by atoms with van der Waals surface area (Å²) in [6, 6.07) is 73.4. The minimum absolute atomic E-state index is 0.256. The van der Waals surface area contributed by atoms with E-state index in [-0.39, 0.29) is 6.17 Å². The van der Waals surface area contributed by atoms with E-state index in [2.05, 4.69) is 210 Å². The van der Waals surface area contributed by atoms with Crippen LogP contribution < -0.4 is 15.2 Å². The smallest absolute Gasteiger partial charge is 0.145 e. The van der Waals surface area contributed by atoms with E-state index in [1.54, 1.807) is 0 Å². The molecule has 3 nitrogen and oxygen atoms in total. The van der Waals surface area contributed by atoms with Crippen LogP contribution in [0.4, 0.5) is 0 Å². The van der Waals surface area contributed by atoms with Gasteiger partial charge in [-0.2, -0.15) is 0 Å². The molecule has 4 heterocycles. The van der Waals surface area contributed by atoms with E-state index < -0.39 is 0 Å². The molecule has 1 N–H and O–H groups in total. The first-order chi connectivity index (χ1) is 31.3. The molecule has 0 bridgehead atoms. The molecule has 63 heavy (non-hydrogen) atoms. The molecule has 1 atom stereocenters. The van der Waals surface area contributed by atoms with Crippen LogP contribution >= 0.6 is 22.7 Å². The van der Waals surface area contributed by atoms with E-state index in [4.69, 9.17) is 4.99 Å². The Balaban J connectivity index is 1.05. The Kier molecular flexibility index (Phi) is 7.49. The molecule has 0 saturated heterocycles. The van der Waals surface area contributed by atoms with E-state index >= 15 is 0 Å². The highest BCUT2D eigenvalue weighted by atomic mass is 32.1. The molecule has 1 aliphatic heterocycles. The molecule has 10 aromatic carbocycles. The van der Waals surface area contributed by atoms with Gasteiger partial charge in [-0.15, -0.1) is 22.7 Å². The van der Waals surface area contributed by atoms with E-state index in [9.17, 15) is 0 Å². The predicted molar refractivity (Wildman–Crippen MR) is 269 cm³/mol. The van der Waals surface area contributed by atoms with Crippen molar-refractivity contribution >= 4 is 113 Å². The van der Waals surface area contributed by atoms with Gasteiger partial charge < -0.3 is 9.88 Å². The zero-order chi connectivity index (χ0) is 41.2. The molecule has 0 amide bonds. The van der Waals surface area contributed by atoms with Gasteiger partial charge in [0.25, 0.3) is 0 Å². The fourth-order valence-corrected chi connectivity index (χ4v) is 12.9. The Labute approximate surface area is 369 Å². The molecule has 13 aromatic rings. The first-order valence-electron chi connectivity index (χ1n) is 21.5. The van der Waals surface area contributed by atoms with Crippen molar-refractivity contribution in [3.63, 3.8) is 0 Å². The van der Waals surface area contributed by atoms with Gasteiger partial charge in [-0.25, -0.2) is 0 Å². The Morgan fingerprint density at radius 2 is 1.06 bits per heavy atom. The van der Waals surface area contributed by atoms with Crippen molar-refractivity contribution in [2.24, 2.45) is 4.99 Å². The lowest BCUT2D eigenvalue weighted by Crippen LogP contribution is -2.37. The first kappa shape index (κ1) is 35.1. The number of thiophene rings is 2. The molecule has 0 saturated carbocycles. The third kappa shape index (κ3) is 5.09. The highest BCUT2D eigenvalue weighted by Crippen LogP contribution is 2.50. The molecule has 294 valence electrons. The summed E-state index contributed by atoms with van der Waals surface area (Å²) in [5.74, 6) is 0. The third-order valence-electron chi connectivity index (χ3n) is 13.2. The summed E-state index contributed by atoms with van der Waals surface area (Å²) < 4.78 is 7.63. The predicted octanol–water partition coefficient (Wildman–Crippen LogP) is 14.6. The summed E-state index contributed by atoms with van der Waals surface area (Å²) in [5.41, 5.74) is 9.48. The number of benzene rings is 10. The summed E-state index contributed by atoms with van der Waals surface area (Å²) >= 11 is 3.74. The van der Waals surface area contributed by atoms with E-state index in [1.165, 1.54) is 111 Å². The van der Waals surface area contributed by atoms with Crippen molar-refractivity contribution in [3.8, 4) is 16.8 Å². The van der Waals surface area contributed by atoms with Crippen molar-refractivity contribution in [2.45, 2.75) is 6.17 Å². The Morgan fingerprint density at radius 3 is 1.86 bits per heavy atom. The van der Waals surface area contributed by atoms with Crippen LogP contribution in [0.2, 0.25) is 0 Å². The SMILES string of the molecule is c1ccc(-c2ccc(C3N=c4c(sc5ccccc45)=C(c4ccc(-n5c6ccc7ccccc7c6c6c7ccccc7c7c8ccccc8sc7c65)c5ccccc45)N3)cc2)cc1. The Bertz CT molecular complexity index is 4180. The van der Waals surface area contributed by atoms with Crippen LogP contribution in [0.1, 0.15) is 17.3 Å². The number of hydrogen-bond donors (Lipinski definition) is 1. The van der Waals surface area contributed by atoms with Crippen LogP contribution in [-0.4, -0.2) is 4.57 Å². The number of hydrogen-bond acceptors (Lipinski definition) is 4. The first-order valence-corrected chi connectivity index (χ1v) is 23.1. The largest absolute Gasteiger partial charge is 0.358 e. The molecule has 1 aliphatic rings. The van der Waals surface area contributed by atoms with Gasteiger partial charge in [0.15, 0.2) is 0 Å². The fraction of sp³-hybridized carbons (Fsp3) is 0.0172. The van der Waals surface area contributed by atoms with Gasteiger partial charge in [0, 0.05) is 47.3 Å². The maximum atomic E-state index is 5.46. The van der Waals surface area contributed by atoms with Crippen molar-refractivity contribution in [2.75, 3.05) is 0 Å². The molecule has 0 fully saturated rings. The van der Waals surface area contributed by atoms with E-state index in [0.29, 0.717) is 0 Å². The standard InChI is InChI=1S/C58H35N3S2/c1-2-14-34(15-3-1)35-26-28-37(29-27-35)58-59-53(57-54(60-58)45-23-11-13-25-49(45)63-57)43-31-33-46(40-19-7-6-18-39(40)43)61-47-32-30-36-16-4-5-17-38(36)51(47)52-42-21-9-8-20-41(42)50-44-22-10-12-24-48(44)62-56(50)55(52)61/h1-33,58-59H. The van der Waals surface area contributed by atoms with Gasteiger partial charge in [0.05, 0.1) is 37.0 Å². The zero-order valence-electron chi connectivity index (χ0n) is 33.8. The maximum absolute atomic E-state index is 5.46. The van der Waals surface area contributed by atoms with Gasteiger partial charge in [0.1, 0.15) is 6.17 Å². The minimum atomic E-state index is -0.256. The monoisotopic (exact) mass is 837 g/mol. The molecule has 0 radical (unpaired) electrons. The molecule has 5 heteroatoms. The van der Waals surface area contributed by atoms with Crippen molar-refractivity contribution in [1.29, 1.82) is 0 Å². The van der Waals surface area contributed by atoms with Crippen LogP contribution in [0, 0.1) is 0 Å². The van der Waals surface area contributed by atoms with Gasteiger partial charge in [-0.1, -0.05) is 176 Å². The lowest BCUT2D eigenvalue weighted by Gasteiger charge is -2.24. The summed E-state index contributed by atoms with van der Waals surface area (Å²) in [7, 11) is 0. The molecule has 3 aromatic heterocycles. The van der Waals surface area contributed by atoms with E-state index in [1.807, 2.05) is 22.7 Å². The number of aromatic nitrogens is 1. The van der Waals surface area contributed by atoms with Crippen LogP contribution in [0.5, 0.6) is 0 Å². The second kappa shape index (κ2) is 13.5. The van der Waals surface area contributed by atoms with Gasteiger partial charge in [0.2, 0.25) is 0 Å². The third-order valence-corrected chi connectivity index (χ3v) is 15.6. The number of fused-ring (bicyclic) bond motifs is 16. The van der Waals surface area contributed by atoms with Crippen LogP contribution in [0.3, 0.4) is 0 Å². The molecular formula is C58H35N3S2. The Morgan fingerprint density at radius 1 is 0.444 bits per heavy atom. The highest BCUT2D eigenvalue weighted by molar-refractivity contribution is 7.27. The lowest BCUT2D eigenvalue weighted by atomic mass is 9.97. The van der Waals surface area contributed by atoms with Crippen LogP contribution in [0.15, 0.2) is 205 Å². The number of nitrogens with one attached hydrogen (secondary N) is 1. The van der Waals surface area contributed by atoms with Crippen molar-refractivity contribution in [3.05, 3.63) is 221 Å². The quantitative estimate of drug-likeness (QED) is 0.188. The second-order valence-electron chi connectivity index (χ2n) is 16.6. The molecule has 1 unspecified atom stereocenters. The Hall–Kier alpha value is -7.57. The fourth-order valence-electron chi connectivity index (χ4n) is 10.4. The average molecular weight is 838 g/mol. The van der Waals surface area contributed by atoms with Crippen molar-refractivity contribution in [1.82, 2.24) is 9.88 Å². The minimum Gasteiger partial charge on any atom is -0.358 e. The van der Waals surface area contributed by atoms with Crippen LogP contribution in [-0.2, 0) is 0 Å². The van der Waals surface area contributed by atoms with Gasteiger partial charge in [-0.3, -0.25) is 4.99 Å². The second-order valence-corrected chi connectivity index (χ2v) is 18.7. The maximum Gasteiger partial charge on any atom is 0.145 e. The highest BCUT2D eigenvalue weighted by Gasteiger charge is 2.26. The zero-order valence-corrected chi connectivity index (χ0v) is 35.5. The molecule has 0 spiro atoms. The summed E-state index contributed by atoms with van der Waals surface area (Å²) in [5, 5.41) is 19.0. The normalized spacial score (nSPS) is 14.1. The molecular weight excluding hydrogens is 803 g/mol.